The van der Waals surface area contributed by atoms with E-state index in [1.165, 1.54) is 17.6 Å². The van der Waals surface area contributed by atoms with Gasteiger partial charge in [-0.05, 0) is 62.2 Å². The lowest BCUT2D eigenvalue weighted by Gasteiger charge is -2.18. The Morgan fingerprint density at radius 2 is 2.00 bits per heavy atom. The fraction of sp³-hybridized carbons (Fsp3) is 0.296. The van der Waals surface area contributed by atoms with Gasteiger partial charge in [-0.15, -0.1) is 0 Å². The van der Waals surface area contributed by atoms with Gasteiger partial charge in [0.05, 0.1) is 31.8 Å². The molecule has 0 radical (unpaired) electrons. The Hall–Kier alpha value is -4.31. The highest BCUT2D eigenvalue weighted by atomic mass is 16.5. The number of ether oxygens (including phenoxy) is 3. The average molecular weight is 503 g/mol. The Bertz CT molecular complexity index is 1610. The van der Waals surface area contributed by atoms with Gasteiger partial charge in [-0.25, -0.2) is 9.78 Å². The second kappa shape index (κ2) is 10.4. The van der Waals surface area contributed by atoms with E-state index in [0.717, 1.165) is 12.8 Å². The average Bonchev–Trinajstić information content (AvgIpc) is 3.43. The normalized spacial score (nSPS) is 15.8. The van der Waals surface area contributed by atoms with Gasteiger partial charge in [-0.2, -0.15) is 4.99 Å². The summed E-state index contributed by atoms with van der Waals surface area (Å²) in [5, 5.41) is 0.209. The molecule has 0 bridgehead atoms. The maximum absolute atomic E-state index is 13.4. The van der Waals surface area contributed by atoms with Crippen molar-refractivity contribution in [1.29, 1.82) is 0 Å². The quantitative estimate of drug-likeness (QED) is 0.294. The topological polar surface area (TPSA) is 113 Å². The van der Waals surface area contributed by atoms with Crippen molar-refractivity contribution >= 4 is 28.6 Å². The molecule has 0 unspecified atom stereocenters. The minimum Gasteiger partial charge on any atom is -0.497 e. The minimum absolute atomic E-state index is 0.00369. The number of fused-ring (bicyclic) bond motifs is 2. The third-order valence-corrected chi connectivity index (χ3v) is 6.24. The number of carbonyl (C=O) groups excluding carboxylic acids is 2. The van der Waals surface area contributed by atoms with Gasteiger partial charge in [0, 0.05) is 18.4 Å². The van der Waals surface area contributed by atoms with Gasteiger partial charge in [-0.1, -0.05) is 6.07 Å². The second-order valence-corrected chi connectivity index (χ2v) is 8.58. The van der Waals surface area contributed by atoms with Gasteiger partial charge in [-0.3, -0.25) is 14.0 Å². The zero-order valence-corrected chi connectivity index (χ0v) is 20.5. The summed E-state index contributed by atoms with van der Waals surface area (Å²) in [4.78, 5) is 48.9. The Kier molecular flexibility index (Phi) is 6.82. The third kappa shape index (κ3) is 4.75. The van der Waals surface area contributed by atoms with Gasteiger partial charge in [0.2, 0.25) is 0 Å². The molecule has 1 aliphatic rings. The van der Waals surface area contributed by atoms with Crippen molar-refractivity contribution in [2.24, 2.45) is 4.99 Å². The Balaban J connectivity index is 1.82. The highest BCUT2D eigenvalue weighted by Gasteiger charge is 2.24. The largest absolute Gasteiger partial charge is 0.497 e. The number of benzene rings is 1. The van der Waals surface area contributed by atoms with Crippen LogP contribution in [-0.4, -0.2) is 52.3 Å². The number of esters is 1. The number of carbonyl (C=O) groups is 2. The van der Waals surface area contributed by atoms with Crippen molar-refractivity contribution in [3.05, 3.63) is 81.7 Å². The number of hydrogen-bond acceptors (Lipinski definition) is 7. The van der Waals surface area contributed by atoms with Crippen LogP contribution in [0.15, 0.2) is 64.5 Å². The highest BCUT2D eigenvalue weighted by Crippen LogP contribution is 2.18. The lowest BCUT2D eigenvalue weighted by Crippen LogP contribution is -2.35. The SMILES string of the molecule is CCOC(=O)c1cc2c(=O)n3ccccc3nc2n(C[C@@H]2CCCO2)c1=NC(=O)c1ccc(OC)cc1. The van der Waals surface area contributed by atoms with E-state index in [4.69, 9.17) is 19.2 Å². The molecule has 5 rings (SSSR count). The van der Waals surface area contributed by atoms with E-state index in [9.17, 15) is 14.4 Å². The lowest BCUT2D eigenvalue weighted by atomic mass is 10.1. The van der Waals surface area contributed by atoms with Gasteiger partial charge >= 0.3 is 5.97 Å². The molecule has 1 saturated heterocycles. The van der Waals surface area contributed by atoms with Crippen molar-refractivity contribution in [2.75, 3.05) is 20.3 Å². The first-order chi connectivity index (χ1) is 18.0. The monoisotopic (exact) mass is 502 g/mol. The molecule has 1 aliphatic heterocycles. The van der Waals surface area contributed by atoms with Crippen molar-refractivity contribution < 1.29 is 23.8 Å². The molecule has 1 amide bonds. The predicted molar refractivity (Wildman–Crippen MR) is 135 cm³/mol. The summed E-state index contributed by atoms with van der Waals surface area (Å²) in [6, 6.07) is 13.1. The highest BCUT2D eigenvalue weighted by molar-refractivity contribution is 5.97. The first-order valence-electron chi connectivity index (χ1n) is 12.1. The van der Waals surface area contributed by atoms with Crippen LogP contribution in [0, 0.1) is 0 Å². The van der Waals surface area contributed by atoms with Crippen LogP contribution in [0.5, 0.6) is 5.75 Å². The summed E-state index contributed by atoms with van der Waals surface area (Å²) in [7, 11) is 1.54. The number of methoxy groups -OCH3 is 1. The summed E-state index contributed by atoms with van der Waals surface area (Å²) in [6.07, 6.45) is 3.10. The van der Waals surface area contributed by atoms with Crippen LogP contribution in [-0.2, 0) is 16.0 Å². The van der Waals surface area contributed by atoms with Gasteiger partial charge in [0.15, 0.2) is 5.49 Å². The van der Waals surface area contributed by atoms with E-state index >= 15 is 0 Å². The molecule has 1 fully saturated rings. The van der Waals surface area contributed by atoms with E-state index in [1.807, 2.05) is 0 Å². The fourth-order valence-electron chi connectivity index (χ4n) is 4.42. The molecule has 1 aromatic carbocycles. The Labute approximate surface area is 211 Å². The van der Waals surface area contributed by atoms with Crippen molar-refractivity contribution in [3.63, 3.8) is 0 Å². The van der Waals surface area contributed by atoms with Crippen molar-refractivity contribution in [1.82, 2.24) is 14.0 Å². The van der Waals surface area contributed by atoms with Gasteiger partial charge in [0.25, 0.3) is 11.5 Å². The van der Waals surface area contributed by atoms with E-state index < -0.39 is 11.9 Å². The maximum atomic E-state index is 13.4. The van der Waals surface area contributed by atoms with Crippen molar-refractivity contribution in [2.45, 2.75) is 32.4 Å². The molecular formula is C27H26N4O6. The number of aromatic nitrogens is 3. The van der Waals surface area contributed by atoms with Crippen LogP contribution in [0.25, 0.3) is 16.7 Å². The number of pyridine rings is 2. The summed E-state index contributed by atoms with van der Waals surface area (Å²) >= 11 is 0. The van der Waals surface area contributed by atoms with Crippen LogP contribution in [0.4, 0.5) is 0 Å². The molecule has 190 valence electrons. The Morgan fingerprint density at radius 1 is 1.19 bits per heavy atom. The zero-order chi connectivity index (χ0) is 25.9. The molecule has 4 heterocycles. The predicted octanol–water partition coefficient (Wildman–Crippen LogP) is 2.75. The minimum atomic E-state index is -0.690. The molecule has 3 aromatic heterocycles. The third-order valence-electron chi connectivity index (χ3n) is 6.24. The molecule has 10 nitrogen and oxygen atoms in total. The number of nitrogens with zero attached hydrogens (tertiary/aromatic N) is 4. The standard InChI is InChI=1S/C27H26N4O6/c1-3-36-27(34)21-15-20-23(28-22-8-4-5-13-30(22)26(20)33)31(16-19-7-6-14-37-19)24(21)29-25(32)17-9-11-18(35-2)12-10-17/h4-5,8-13,15,19H,3,6-7,14,16H2,1-2H3/t19-/m0/s1. The van der Waals surface area contributed by atoms with Crippen LogP contribution >= 0.6 is 0 Å². The molecule has 10 heteroatoms. The van der Waals surface area contributed by atoms with Crippen LogP contribution in [0.2, 0.25) is 0 Å². The molecule has 1 atom stereocenters. The molecule has 37 heavy (non-hydrogen) atoms. The summed E-state index contributed by atoms with van der Waals surface area (Å²) in [5.41, 5.74) is 0.767. The van der Waals surface area contributed by atoms with E-state index in [2.05, 4.69) is 4.99 Å². The molecular weight excluding hydrogens is 476 g/mol. The smallest absolute Gasteiger partial charge is 0.341 e. The molecule has 0 aliphatic carbocycles. The van der Waals surface area contributed by atoms with Crippen LogP contribution in [0.1, 0.15) is 40.5 Å². The Morgan fingerprint density at radius 3 is 2.70 bits per heavy atom. The summed E-state index contributed by atoms with van der Waals surface area (Å²) < 4.78 is 19.4. The zero-order valence-electron chi connectivity index (χ0n) is 20.5. The maximum Gasteiger partial charge on any atom is 0.341 e. The van der Waals surface area contributed by atoms with Crippen molar-refractivity contribution in [3.8, 4) is 5.75 Å². The summed E-state index contributed by atoms with van der Waals surface area (Å²) in [5.74, 6) is -0.657. The molecule has 0 N–H and O–H groups in total. The summed E-state index contributed by atoms with van der Waals surface area (Å²) in [6.45, 7) is 2.66. The number of hydrogen-bond donors (Lipinski definition) is 0. The fourth-order valence-corrected chi connectivity index (χ4v) is 4.42. The van der Waals surface area contributed by atoms with E-state index in [-0.39, 0.29) is 41.3 Å². The lowest BCUT2D eigenvalue weighted by molar-refractivity contribution is 0.0521. The molecule has 0 saturated carbocycles. The van der Waals surface area contributed by atoms with E-state index in [1.54, 1.807) is 60.2 Å². The first-order valence-corrected chi connectivity index (χ1v) is 12.1. The second-order valence-electron chi connectivity index (χ2n) is 8.58. The first kappa shape index (κ1) is 24.4. The van der Waals surface area contributed by atoms with Gasteiger partial charge < -0.3 is 18.8 Å². The number of rotatable bonds is 6. The van der Waals surface area contributed by atoms with Crippen LogP contribution in [0.3, 0.4) is 0 Å². The van der Waals surface area contributed by atoms with Gasteiger partial charge in [0.1, 0.15) is 22.6 Å². The molecule has 4 aromatic rings. The van der Waals surface area contributed by atoms with E-state index in [0.29, 0.717) is 29.2 Å². The van der Waals surface area contributed by atoms with Crippen LogP contribution < -0.4 is 15.8 Å². The number of amides is 1. The molecule has 0 spiro atoms.